The summed E-state index contributed by atoms with van der Waals surface area (Å²) >= 11 is 9.27. The molecule has 0 atom stereocenters. The van der Waals surface area contributed by atoms with E-state index in [1.165, 1.54) is 0 Å². The van der Waals surface area contributed by atoms with Gasteiger partial charge in [-0.1, -0.05) is 0 Å². The normalized spacial score (nSPS) is 11.3. The van der Waals surface area contributed by atoms with Gasteiger partial charge in [0.15, 0.2) is 5.65 Å². The number of aryl methyl sites for hydroxylation is 2. The lowest BCUT2D eigenvalue weighted by atomic mass is 10.4. The number of halogens is 2. The highest BCUT2D eigenvalue weighted by Gasteiger charge is 2.14. The van der Waals surface area contributed by atoms with Crippen molar-refractivity contribution in [1.82, 2.24) is 24.3 Å². The van der Waals surface area contributed by atoms with Crippen LogP contribution in [-0.4, -0.2) is 30.2 Å². The van der Waals surface area contributed by atoms with E-state index in [1.807, 2.05) is 23.9 Å². The van der Waals surface area contributed by atoms with Gasteiger partial charge in [-0.25, -0.2) is 9.97 Å². The first-order valence-electron chi connectivity index (χ1n) is 5.77. The van der Waals surface area contributed by atoms with Crippen molar-refractivity contribution in [2.45, 2.75) is 6.42 Å². The fourth-order valence-electron chi connectivity index (χ4n) is 2.03. The molecule has 0 radical (unpaired) electrons. The van der Waals surface area contributed by atoms with Gasteiger partial charge in [0.1, 0.15) is 11.3 Å². The third kappa shape index (κ3) is 2.26. The number of nitrogens with zero attached hydrogens (tertiary/aromatic N) is 5. The Balaban J connectivity index is 2.27. The van der Waals surface area contributed by atoms with Crippen LogP contribution in [0.1, 0.15) is 5.82 Å². The predicted molar refractivity (Wildman–Crippen MR) is 77.8 cm³/mol. The van der Waals surface area contributed by atoms with Crippen molar-refractivity contribution in [3.63, 3.8) is 0 Å². The number of aromatic nitrogens is 5. The smallest absolute Gasteiger partial charge is 0.164 e. The molecule has 0 unspecified atom stereocenters. The van der Waals surface area contributed by atoms with Crippen LogP contribution in [-0.2, 0) is 13.5 Å². The molecular weight excluding hydrogens is 330 g/mol. The highest BCUT2D eigenvalue weighted by Crippen LogP contribution is 2.22. The second-order valence-electron chi connectivity index (χ2n) is 4.17. The molecule has 0 aliphatic heterocycles. The number of rotatable bonds is 3. The predicted octanol–water partition coefficient (Wildman–Crippen LogP) is 2.70. The van der Waals surface area contributed by atoms with E-state index in [1.54, 1.807) is 17.1 Å². The third-order valence-corrected chi connectivity index (χ3v) is 3.42. The SMILES string of the molecule is Cn1cc(-n2c(CCCl)nc3cc(Br)cnc32)cn1. The second-order valence-corrected chi connectivity index (χ2v) is 5.46. The van der Waals surface area contributed by atoms with E-state index >= 15 is 0 Å². The summed E-state index contributed by atoms with van der Waals surface area (Å²) in [5.74, 6) is 1.41. The van der Waals surface area contributed by atoms with Crippen molar-refractivity contribution < 1.29 is 0 Å². The fraction of sp³-hybridized carbons (Fsp3) is 0.250. The van der Waals surface area contributed by atoms with E-state index in [2.05, 4.69) is 31.0 Å². The summed E-state index contributed by atoms with van der Waals surface area (Å²) < 4.78 is 4.66. The highest BCUT2D eigenvalue weighted by molar-refractivity contribution is 9.10. The molecule has 0 amide bonds. The molecule has 0 saturated carbocycles. The summed E-state index contributed by atoms with van der Waals surface area (Å²) in [6.07, 6.45) is 6.18. The zero-order valence-corrected chi connectivity index (χ0v) is 12.6. The number of hydrogen-bond acceptors (Lipinski definition) is 3. The van der Waals surface area contributed by atoms with E-state index < -0.39 is 0 Å². The van der Waals surface area contributed by atoms with E-state index in [0.717, 1.165) is 27.1 Å². The van der Waals surface area contributed by atoms with Crippen LogP contribution in [0.25, 0.3) is 16.9 Å². The average molecular weight is 341 g/mol. The minimum atomic E-state index is 0.519. The summed E-state index contributed by atoms with van der Waals surface area (Å²) in [5, 5.41) is 4.20. The Morgan fingerprint density at radius 2 is 2.21 bits per heavy atom. The molecule has 3 rings (SSSR count). The zero-order valence-electron chi connectivity index (χ0n) is 10.2. The molecule has 3 aromatic rings. The third-order valence-electron chi connectivity index (χ3n) is 2.80. The van der Waals surface area contributed by atoms with Crippen LogP contribution in [0.5, 0.6) is 0 Å². The summed E-state index contributed by atoms with van der Waals surface area (Å²) in [6.45, 7) is 0. The highest BCUT2D eigenvalue weighted by atomic mass is 79.9. The van der Waals surface area contributed by atoms with Gasteiger partial charge >= 0.3 is 0 Å². The number of alkyl halides is 1. The lowest BCUT2D eigenvalue weighted by Gasteiger charge is -2.04. The van der Waals surface area contributed by atoms with E-state index in [-0.39, 0.29) is 0 Å². The molecule has 0 spiro atoms. The molecule has 0 fully saturated rings. The van der Waals surface area contributed by atoms with Crippen LogP contribution in [0.4, 0.5) is 0 Å². The van der Waals surface area contributed by atoms with Crippen LogP contribution in [0, 0.1) is 0 Å². The summed E-state index contributed by atoms with van der Waals surface area (Å²) in [5.41, 5.74) is 2.61. The van der Waals surface area contributed by atoms with Crippen LogP contribution in [0.2, 0.25) is 0 Å². The molecule has 19 heavy (non-hydrogen) atoms. The summed E-state index contributed by atoms with van der Waals surface area (Å²) in [7, 11) is 1.88. The standard InChI is InChI=1S/C12H11BrClN5/c1-18-7-9(6-16-18)19-11(2-3-14)17-10-4-8(13)5-15-12(10)19/h4-7H,2-3H2,1H3. The van der Waals surface area contributed by atoms with Crippen molar-refractivity contribution in [2.75, 3.05) is 5.88 Å². The number of fused-ring (bicyclic) bond motifs is 1. The van der Waals surface area contributed by atoms with Crippen LogP contribution in [0.15, 0.2) is 29.1 Å². The summed E-state index contributed by atoms with van der Waals surface area (Å²) in [4.78, 5) is 9.04. The van der Waals surface area contributed by atoms with Crippen LogP contribution >= 0.6 is 27.5 Å². The van der Waals surface area contributed by atoms with Gasteiger partial charge in [-0.05, 0) is 22.0 Å². The molecule has 0 aliphatic carbocycles. The Labute approximate surface area is 123 Å². The van der Waals surface area contributed by atoms with Gasteiger partial charge in [0.05, 0.1) is 11.9 Å². The Morgan fingerprint density at radius 1 is 1.37 bits per heavy atom. The van der Waals surface area contributed by atoms with Crippen molar-refractivity contribution >= 4 is 38.7 Å². The number of pyridine rings is 1. The van der Waals surface area contributed by atoms with Gasteiger partial charge in [0.2, 0.25) is 0 Å². The van der Waals surface area contributed by atoms with Gasteiger partial charge in [0.25, 0.3) is 0 Å². The first kappa shape index (κ1) is 12.6. The molecule has 0 saturated heterocycles. The molecule has 0 aromatic carbocycles. The molecule has 3 aromatic heterocycles. The van der Waals surface area contributed by atoms with Crippen LogP contribution in [0.3, 0.4) is 0 Å². The molecule has 3 heterocycles. The van der Waals surface area contributed by atoms with Crippen molar-refractivity contribution in [3.05, 3.63) is 35.0 Å². The van der Waals surface area contributed by atoms with E-state index in [9.17, 15) is 0 Å². The van der Waals surface area contributed by atoms with Gasteiger partial charge in [-0.2, -0.15) is 5.10 Å². The molecule has 0 bridgehead atoms. The van der Waals surface area contributed by atoms with Crippen molar-refractivity contribution in [1.29, 1.82) is 0 Å². The topological polar surface area (TPSA) is 48.5 Å². The number of hydrogen-bond donors (Lipinski definition) is 0. The average Bonchev–Trinajstić information content (AvgIpc) is 2.92. The Kier molecular flexibility index (Phi) is 3.28. The van der Waals surface area contributed by atoms with Crippen molar-refractivity contribution in [2.24, 2.45) is 7.05 Å². The quantitative estimate of drug-likeness (QED) is 0.689. The molecule has 5 nitrogen and oxygen atoms in total. The van der Waals surface area contributed by atoms with Gasteiger partial charge in [-0.15, -0.1) is 11.6 Å². The Bertz CT molecular complexity index is 733. The van der Waals surface area contributed by atoms with Crippen LogP contribution < -0.4 is 0 Å². The van der Waals surface area contributed by atoms with Gasteiger partial charge < -0.3 is 0 Å². The minimum Gasteiger partial charge on any atom is -0.277 e. The molecule has 7 heteroatoms. The number of imidazole rings is 1. The minimum absolute atomic E-state index is 0.519. The molecule has 0 N–H and O–H groups in total. The largest absolute Gasteiger partial charge is 0.277 e. The maximum Gasteiger partial charge on any atom is 0.164 e. The van der Waals surface area contributed by atoms with E-state index in [0.29, 0.717) is 12.3 Å². The molecule has 0 aliphatic rings. The monoisotopic (exact) mass is 339 g/mol. The zero-order chi connectivity index (χ0) is 13.4. The first-order chi connectivity index (χ1) is 9.19. The van der Waals surface area contributed by atoms with Gasteiger partial charge in [0, 0.05) is 36.2 Å². The molecule has 98 valence electrons. The summed E-state index contributed by atoms with van der Waals surface area (Å²) in [6, 6.07) is 1.95. The van der Waals surface area contributed by atoms with Gasteiger partial charge in [-0.3, -0.25) is 9.25 Å². The lowest BCUT2D eigenvalue weighted by Crippen LogP contribution is -2.02. The first-order valence-corrected chi connectivity index (χ1v) is 7.09. The maximum atomic E-state index is 5.86. The lowest BCUT2D eigenvalue weighted by molar-refractivity contribution is 0.767. The Hall–Kier alpha value is -1.40. The van der Waals surface area contributed by atoms with Crippen molar-refractivity contribution in [3.8, 4) is 5.69 Å². The fourth-order valence-corrected chi connectivity index (χ4v) is 2.52. The van der Waals surface area contributed by atoms with E-state index in [4.69, 9.17) is 11.6 Å². The Morgan fingerprint density at radius 3 is 2.89 bits per heavy atom. The second kappa shape index (κ2) is 4.94. The molecular formula is C12H11BrClN5. The maximum absolute atomic E-state index is 5.86.